The van der Waals surface area contributed by atoms with Gasteiger partial charge in [0.15, 0.2) is 0 Å². The molecule has 3 aliphatic rings. The number of benzene rings is 2. The summed E-state index contributed by atoms with van der Waals surface area (Å²) in [5, 5.41) is 19.6. The Balaban J connectivity index is 1.58. The van der Waals surface area contributed by atoms with E-state index < -0.39 is 41.2 Å². The lowest BCUT2D eigenvalue weighted by atomic mass is 9.78. The minimum absolute atomic E-state index is 0.0921. The van der Waals surface area contributed by atoms with Crippen molar-refractivity contribution in [2.45, 2.75) is 37.1 Å². The lowest BCUT2D eigenvalue weighted by Gasteiger charge is -2.34. The number of amides is 4. The molecule has 5 rings (SSSR count). The lowest BCUT2D eigenvalue weighted by Crippen LogP contribution is -2.54. The summed E-state index contributed by atoms with van der Waals surface area (Å²) >= 11 is 12.4. The number of carboxylic acids is 1. The van der Waals surface area contributed by atoms with Crippen molar-refractivity contribution in [3.05, 3.63) is 63.6 Å². The molecule has 2 saturated heterocycles. The quantitative estimate of drug-likeness (QED) is 0.541. The number of nitrogens with zero attached hydrogens (tertiary/aromatic N) is 4. The van der Waals surface area contributed by atoms with Gasteiger partial charge >= 0.3 is 12.0 Å². The van der Waals surface area contributed by atoms with Crippen LogP contribution in [0.15, 0.2) is 42.5 Å². The predicted octanol–water partition coefficient (Wildman–Crippen LogP) is 4.52. The number of carbonyl (C=O) groups excluding carboxylic acids is 3. The van der Waals surface area contributed by atoms with Crippen LogP contribution in [0.2, 0.25) is 10.0 Å². The highest BCUT2D eigenvalue weighted by molar-refractivity contribution is 6.35. The molecule has 1 N–H and O–H groups in total. The van der Waals surface area contributed by atoms with E-state index in [1.165, 1.54) is 35.0 Å². The average Bonchev–Trinajstić information content (AvgIpc) is 3.40. The number of carboxylic acid groups (broad SMARTS) is 1. The van der Waals surface area contributed by atoms with Crippen molar-refractivity contribution in [3.63, 3.8) is 0 Å². The van der Waals surface area contributed by atoms with Crippen molar-refractivity contribution in [1.82, 2.24) is 9.80 Å². The summed E-state index contributed by atoms with van der Waals surface area (Å²) in [5.41, 5.74) is -0.125. The van der Waals surface area contributed by atoms with Gasteiger partial charge in [0.1, 0.15) is 5.54 Å². The van der Waals surface area contributed by atoms with E-state index in [1.807, 2.05) is 0 Å². The van der Waals surface area contributed by atoms with Gasteiger partial charge in [-0.1, -0.05) is 48.2 Å². The third-order valence-electron chi connectivity index (χ3n) is 8.32. The van der Waals surface area contributed by atoms with Gasteiger partial charge in [0.05, 0.1) is 35.7 Å². The van der Waals surface area contributed by atoms with E-state index in [2.05, 4.69) is 6.07 Å². The van der Waals surface area contributed by atoms with Gasteiger partial charge in [-0.3, -0.25) is 14.4 Å². The van der Waals surface area contributed by atoms with Crippen LogP contribution in [0, 0.1) is 23.2 Å². The Morgan fingerprint density at radius 2 is 1.64 bits per heavy atom. The number of hydrogen-bond donors (Lipinski definition) is 1. The van der Waals surface area contributed by atoms with E-state index in [4.69, 9.17) is 23.2 Å². The number of likely N-dealkylation sites (N-methyl/N-ethyl adjacent to an activating group) is 1. The van der Waals surface area contributed by atoms with Crippen LogP contribution in [0.3, 0.4) is 0 Å². The lowest BCUT2D eigenvalue weighted by molar-refractivity contribution is -0.152. The first kappa shape index (κ1) is 27.0. The molecular formula is C28H26Cl2N4O5. The fourth-order valence-electron chi connectivity index (χ4n) is 6.33. The van der Waals surface area contributed by atoms with E-state index in [9.17, 15) is 29.5 Å². The molecule has 0 radical (unpaired) electrons. The second kappa shape index (κ2) is 10.2. The number of aliphatic carboxylic acids is 1. The van der Waals surface area contributed by atoms with E-state index in [0.717, 1.165) is 17.7 Å². The van der Waals surface area contributed by atoms with Crippen molar-refractivity contribution in [2.75, 3.05) is 25.0 Å². The highest BCUT2D eigenvalue weighted by atomic mass is 35.5. The van der Waals surface area contributed by atoms with Crippen molar-refractivity contribution in [3.8, 4) is 6.07 Å². The number of rotatable bonds is 4. The minimum Gasteiger partial charge on any atom is -0.481 e. The minimum atomic E-state index is -1.46. The van der Waals surface area contributed by atoms with E-state index in [1.54, 1.807) is 24.3 Å². The highest BCUT2D eigenvalue weighted by Crippen LogP contribution is 2.47. The van der Waals surface area contributed by atoms with E-state index in [0.29, 0.717) is 24.0 Å². The van der Waals surface area contributed by atoms with Crippen LogP contribution >= 0.6 is 23.2 Å². The van der Waals surface area contributed by atoms with Crippen LogP contribution in [0.5, 0.6) is 0 Å². The van der Waals surface area contributed by atoms with Crippen molar-refractivity contribution >= 4 is 52.7 Å². The van der Waals surface area contributed by atoms with Crippen LogP contribution in [0.25, 0.3) is 0 Å². The standard InChI is InChI=1S/C28H26Cl2N4O5/c1-32-27(39)34(20-11-18(29)10-19(30)12-20)26(38)28(32)15-33(14-23(28)17-8-6-16(13-31)7-9-17)24(35)21-4-2-3-5-22(21)25(36)37/h6-12,21-23H,2-5,14-15H2,1H3,(H,36,37). The molecule has 1 aliphatic carbocycles. The van der Waals surface area contributed by atoms with Gasteiger partial charge in [-0.25, -0.2) is 9.69 Å². The molecule has 2 aromatic rings. The smallest absolute Gasteiger partial charge is 0.332 e. The molecule has 3 fully saturated rings. The summed E-state index contributed by atoms with van der Waals surface area (Å²) in [7, 11) is 1.53. The Labute approximate surface area is 235 Å². The Morgan fingerprint density at radius 3 is 2.23 bits per heavy atom. The molecule has 0 bridgehead atoms. The maximum atomic E-state index is 14.3. The van der Waals surface area contributed by atoms with Gasteiger partial charge in [0.2, 0.25) is 5.91 Å². The average molecular weight is 569 g/mol. The van der Waals surface area contributed by atoms with Crippen LogP contribution in [-0.2, 0) is 14.4 Å². The van der Waals surface area contributed by atoms with Crippen molar-refractivity contribution < 1.29 is 24.3 Å². The molecule has 39 heavy (non-hydrogen) atoms. The zero-order chi connectivity index (χ0) is 28.1. The molecule has 4 unspecified atom stereocenters. The Hall–Kier alpha value is -3.61. The zero-order valence-corrected chi connectivity index (χ0v) is 22.7. The summed E-state index contributed by atoms with van der Waals surface area (Å²) in [6.45, 7) is 0.0201. The zero-order valence-electron chi connectivity index (χ0n) is 21.1. The molecular weight excluding hydrogens is 543 g/mol. The molecule has 1 spiro atoms. The molecule has 202 valence electrons. The van der Waals surface area contributed by atoms with Gasteiger partial charge < -0.3 is 14.9 Å². The van der Waals surface area contributed by atoms with Crippen LogP contribution in [0.1, 0.15) is 42.7 Å². The van der Waals surface area contributed by atoms with Crippen LogP contribution < -0.4 is 4.90 Å². The molecule has 2 heterocycles. The van der Waals surface area contributed by atoms with E-state index in [-0.39, 0.29) is 34.7 Å². The number of carbonyl (C=O) groups is 4. The van der Waals surface area contributed by atoms with Crippen LogP contribution in [-0.4, -0.2) is 64.4 Å². The highest BCUT2D eigenvalue weighted by Gasteiger charge is 2.65. The van der Waals surface area contributed by atoms with Gasteiger partial charge in [0.25, 0.3) is 5.91 Å². The van der Waals surface area contributed by atoms with E-state index >= 15 is 0 Å². The second-order valence-electron chi connectivity index (χ2n) is 10.4. The Morgan fingerprint density at radius 1 is 1.03 bits per heavy atom. The number of hydrogen-bond acceptors (Lipinski definition) is 5. The van der Waals surface area contributed by atoms with Crippen molar-refractivity contribution in [2.24, 2.45) is 11.8 Å². The molecule has 1 saturated carbocycles. The number of anilines is 1. The maximum absolute atomic E-state index is 14.3. The summed E-state index contributed by atoms with van der Waals surface area (Å²) in [6.07, 6.45) is 2.37. The first-order chi connectivity index (χ1) is 18.6. The first-order valence-electron chi connectivity index (χ1n) is 12.7. The third-order valence-corrected chi connectivity index (χ3v) is 8.76. The predicted molar refractivity (Wildman–Crippen MR) is 143 cm³/mol. The van der Waals surface area contributed by atoms with Gasteiger partial charge in [-0.2, -0.15) is 5.26 Å². The number of imide groups is 1. The largest absolute Gasteiger partial charge is 0.481 e. The number of likely N-dealkylation sites (tertiary alicyclic amines) is 1. The Bertz CT molecular complexity index is 1390. The van der Waals surface area contributed by atoms with Gasteiger partial charge in [-0.05, 0) is 48.7 Å². The topological polar surface area (TPSA) is 122 Å². The Kier molecular flexibility index (Phi) is 7.04. The van der Waals surface area contributed by atoms with Crippen molar-refractivity contribution in [1.29, 1.82) is 5.26 Å². The summed E-state index contributed by atoms with van der Waals surface area (Å²) in [4.78, 5) is 57.6. The normalized spacial score (nSPS) is 26.8. The maximum Gasteiger partial charge on any atom is 0.332 e. The molecule has 2 aromatic carbocycles. The van der Waals surface area contributed by atoms with Gasteiger partial charge in [0, 0.05) is 29.6 Å². The summed E-state index contributed by atoms with van der Waals surface area (Å²) in [5.74, 6) is -3.97. The molecule has 2 aliphatic heterocycles. The number of nitriles is 1. The third kappa shape index (κ3) is 4.42. The fraction of sp³-hybridized carbons (Fsp3) is 0.393. The first-order valence-corrected chi connectivity index (χ1v) is 13.4. The summed E-state index contributed by atoms with van der Waals surface area (Å²) < 4.78 is 0. The molecule has 9 nitrogen and oxygen atoms in total. The molecule has 4 amide bonds. The number of urea groups is 1. The van der Waals surface area contributed by atoms with Crippen LogP contribution in [0.4, 0.5) is 10.5 Å². The number of halogens is 2. The summed E-state index contributed by atoms with van der Waals surface area (Å²) in [6, 6.07) is 12.6. The molecule has 11 heteroatoms. The second-order valence-corrected chi connectivity index (χ2v) is 11.2. The molecule has 4 atom stereocenters. The SMILES string of the molecule is CN1C(=O)N(c2cc(Cl)cc(Cl)c2)C(=O)C12CN(C(=O)C1CCCCC1C(=O)O)CC2c1ccc(C#N)cc1. The molecule has 0 aromatic heterocycles. The fourth-order valence-corrected chi connectivity index (χ4v) is 6.84. The van der Waals surface area contributed by atoms with Gasteiger partial charge in [-0.15, -0.1) is 0 Å². The monoisotopic (exact) mass is 568 g/mol.